The van der Waals surface area contributed by atoms with E-state index < -0.39 is 6.36 Å². The molecule has 3 rings (SSSR count). The van der Waals surface area contributed by atoms with E-state index in [0.29, 0.717) is 11.4 Å². The lowest BCUT2D eigenvalue weighted by Gasteiger charge is -2.34. The highest BCUT2D eigenvalue weighted by Crippen LogP contribution is 2.26. The Bertz CT molecular complexity index is 793. The zero-order chi connectivity index (χ0) is 20.1. The van der Waals surface area contributed by atoms with Crippen LogP contribution in [0.1, 0.15) is 11.1 Å². The smallest absolute Gasteiger partial charge is 0.406 e. The second-order valence-electron chi connectivity index (χ2n) is 6.57. The van der Waals surface area contributed by atoms with E-state index in [9.17, 15) is 13.2 Å². The van der Waals surface area contributed by atoms with Gasteiger partial charge in [0, 0.05) is 39.3 Å². The van der Waals surface area contributed by atoms with Crippen LogP contribution in [0.15, 0.2) is 30.6 Å². The highest BCUT2D eigenvalue weighted by atomic mass is 19.4. The van der Waals surface area contributed by atoms with Gasteiger partial charge in [-0.3, -0.25) is 0 Å². The van der Waals surface area contributed by atoms with Crippen molar-refractivity contribution in [3.05, 3.63) is 41.7 Å². The van der Waals surface area contributed by atoms with E-state index in [1.807, 2.05) is 0 Å². The maximum absolute atomic E-state index is 12.4. The van der Waals surface area contributed by atoms with Crippen molar-refractivity contribution in [2.75, 3.05) is 43.4 Å². The van der Waals surface area contributed by atoms with Gasteiger partial charge in [0.2, 0.25) is 0 Å². The summed E-state index contributed by atoms with van der Waals surface area (Å²) < 4.78 is 41.1. The Morgan fingerprint density at radius 1 is 1.18 bits per heavy atom. The number of nitrogens with one attached hydrogen (secondary N) is 1. The number of halogens is 3. The molecule has 1 aliphatic heterocycles. The van der Waals surface area contributed by atoms with Crippen molar-refractivity contribution in [2.24, 2.45) is 5.73 Å². The molecular formula is C18H23F3N6O. The van der Waals surface area contributed by atoms with Crippen LogP contribution in [0.4, 0.5) is 24.8 Å². The van der Waals surface area contributed by atoms with Crippen molar-refractivity contribution in [2.45, 2.75) is 19.5 Å². The zero-order valence-corrected chi connectivity index (χ0v) is 15.5. The summed E-state index contributed by atoms with van der Waals surface area (Å²) in [4.78, 5) is 13.1. The number of nitrogens with zero attached hydrogens (tertiary/aromatic N) is 4. The van der Waals surface area contributed by atoms with Crippen LogP contribution in [-0.2, 0) is 13.1 Å². The molecule has 0 saturated carbocycles. The number of rotatable bonds is 6. The van der Waals surface area contributed by atoms with E-state index >= 15 is 0 Å². The minimum atomic E-state index is -4.72. The van der Waals surface area contributed by atoms with Crippen molar-refractivity contribution >= 4 is 11.6 Å². The van der Waals surface area contributed by atoms with Gasteiger partial charge in [-0.05, 0) is 24.7 Å². The normalized spacial score (nSPS) is 15.5. The summed E-state index contributed by atoms with van der Waals surface area (Å²) in [6.45, 7) is 4.09. The molecule has 0 atom stereocenters. The molecule has 1 saturated heterocycles. The van der Waals surface area contributed by atoms with Crippen molar-refractivity contribution in [3.8, 4) is 5.75 Å². The van der Waals surface area contributed by atoms with E-state index in [4.69, 9.17) is 5.73 Å². The van der Waals surface area contributed by atoms with Gasteiger partial charge >= 0.3 is 6.36 Å². The van der Waals surface area contributed by atoms with Crippen LogP contribution >= 0.6 is 0 Å². The Kier molecular flexibility index (Phi) is 6.20. The van der Waals surface area contributed by atoms with Crippen molar-refractivity contribution in [3.63, 3.8) is 0 Å². The van der Waals surface area contributed by atoms with E-state index in [2.05, 4.69) is 36.9 Å². The Balaban J connectivity index is 1.72. The fourth-order valence-electron chi connectivity index (χ4n) is 3.07. The molecule has 10 heteroatoms. The third kappa shape index (κ3) is 5.23. The first-order valence-electron chi connectivity index (χ1n) is 8.91. The monoisotopic (exact) mass is 396 g/mol. The molecule has 0 aliphatic carbocycles. The van der Waals surface area contributed by atoms with Gasteiger partial charge in [-0.1, -0.05) is 12.1 Å². The second kappa shape index (κ2) is 8.61. The summed E-state index contributed by atoms with van der Waals surface area (Å²) in [5.74, 6) is 1.11. The van der Waals surface area contributed by atoms with Gasteiger partial charge in [0.05, 0.1) is 5.56 Å². The Hall–Kier alpha value is -2.59. The molecule has 0 bridgehead atoms. The van der Waals surface area contributed by atoms with E-state index in [1.165, 1.54) is 24.5 Å². The number of hydrogen-bond donors (Lipinski definition) is 2. The van der Waals surface area contributed by atoms with Crippen LogP contribution in [0.5, 0.6) is 5.75 Å². The first-order chi connectivity index (χ1) is 13.4. The van der Waals surface area contributed by atoms with Crippen molar-refractivity contribution in [1.82, 2.24) is 14.9 Å². The molecule has 1 aliphatic rings. The zero-order valence-electron chi connectivity index (χ0n) is 15.5. The van der Waals surface area contributed by atoms with Gasteiger partial charge in [-0.2, -0.15) is 0 Å². The van der Waals surface area contributed by atoms with Crippen molar-refractivity contribution < 1.29 is 17.9 Å². The largest absolute Gasteiger partial charge is 0.573 e. The summed E-state index contributed by atoms with van der Waals surface area (Å²) >= 11 is 0. The molecule has 2 heterocycles. The van der Waals surface area contributed by atoms with Crippen LogP contribution in [-0.4, -0.2) is 54.5 Å². The van der Waals surface area contributed by atoms with Gasteiger partial charge in [0.25, 0.3) is 0 Å². The lowest BCUT2D eigenvalue weighted by atomic mass is 10.2. The number of anilines is 2. The number of likely N-dealkylation sites (N-methyl/N-ethyl adjacent to an activating group) is 1. The molecule has 0 radical (unpaired) electrons. The Morgan fingerprint density at radius 2 is 1.93 bits per heavy atom. The Morgan fingerprint density at radius 3 is 2.61 bits per heavy atom. The summed E-state index contributed by atoms with van der Waals surface area (Å²) in [6.07, 6.45) is -3.25. The number of benzene rings is 1. The number of nitrogens with two attached hydrogens (primary N) is 1. The molecule has 0 spiro atoms. The average Bonchev–Trinajstić information content (AvgIpc) is 2.65. The molecule has 3 N–H and O–H groups in total. The molecule has 1 aromatic carbocycles. The van der Waals surface area contributed by atoms with Crippen molar-refractivity contribution in [1.29, 1.82) is 0 Å². The number of hydrogen-bond acceptors (Lipinski definition) is 7. The second-order valence-corrected chi connectivity index (χ2v) is 6.57. The number of alkyl halides is 3. The average molecular weight is 396 g/mol. The highest BCUT2D eigenvalue weighted by Gasteiger charge is 2.31. The Labute approximate surface area is 161 Å². The first-order valence-corrected chi connectivity index (χ1v) is 8.91. The summed E-state index contributed by atoms with van der Waals surface area (Å²) in [5, 5.41) is 3.15. The molecule has 152 valence electrons. The first kappa shape index (κ1) is 20.2. The van der Waals surface area contributed by atoms with Crippen LogP contribution in [0.3, 0.4) is 0 Å². The molecule has 1 fully saturated rings. The molecule has 1 aromatic heterocycles. The maximum atomic E-state index is 12.4. The predicted octanol–water partition coefficient (Wildman–Crippen LogP) is 2.20. The fraction of sp³-hybridized carbons (Fsp3) is 0.444. The van der Waals surface area contributed by atoms with Gasteiger partial charge in [0.15, 0.2) is 0 Å². The number of piperazine rings is 1. The topological polar surface area (TPSA) is 79.5 Å². The van der Waals surface area contributed by atoms with E-state index in [0.717, 1.165) is 37.6 Å². The van der Waals surface area contributed by atoms with Crippen LogP contribution < -0.4 is 20.7 Å². The molecule has 7 nitrogen and oxygen atoms in total. The SMILES string of the molecule is CN1CCN(c2ncnc(NCc3cccc(OC(F)(F)F)c3)c2CN)CC1. The lowest BCUT2D eigenvalue weighted by molar-refractivity contribution is -0.274. The van der Waals surface area contributed by atoms with Gasteiger partial charge in [-0.15, -0.1) is 13.2 Å². The predicted molar refractivity (Wildman–Crippen MR) is 100 cm³/mol. The third-order valence-corrected chi connectivity index (χ3v) is 4.52. The van der Waals surface area contributed by atoms with Crippen LogP contribution in [0, 0.1) is 0 Å². The third-order valence-electron chi connectivity index (χ3n) is 4.52. The summed E-state index contributed by atoms with van der Waals surface area (Å²) in [5.41, 5.74) is 7.36. The standard InChI is InChI=1S/C18H23F3N6O/c1-26-5-7-27(8-6-26)17-15(10-22)16(24-12-25-17)23-11-13-3-2-4-14(9-13)28-18(19,20)21/h2-4,9,12H,5-8,10-11,22H2,1H3,(H,23,24,25). The molecular weight excluding hydrogens is 373 g/mol. The molecule has 28 heavy (non-hydrogen) atoms. The van der Waals surface area contributed by atoms with E-state index in [1.54, 1.807) is 6.07 Å². The molecule has 2 aromatic rings. The maximum Gasteiger partial charge on any atom is 0.573 e. The fourth-order valence-corrected chi connectivity index (χ4v) is 3.07. The van der Waals surface area contributed by atoms with Gasteiger partial charge in [0.1, 0.15) is 23.7 Å². The lowest BCUT2D eigenvalue weighted by Crippen LogP contribution is -2.45. The van der Waals surface area contributed by atoms with Gasteiger partial charge < -0.3 is 25.6 Å². The van der Waals surface area contributed by atoms with Gasteiger partial charge in [-0.25, -0.2) is 9.97 Å². The van der Waals surface area contributed by atoms with Crippen LogP contribution in [0.2, 0.25) is 0 Å². The van der Waals surface area contributed by atoms with Crippen LogP contribution in [0.25, 0.3) is 0 Å². The summed E-state index contributed by atoms with van der Waals surface area (Å²) in [6, 6.07) is 5.82. The number of ether oxygens (including phenoxy) is 1. The quantitative estimate of drug-likeness (QED) is 0.775. The minimum absolute atomic E-state index is 0.252. The highest BCUT2D eigenvalue weighted by molar-refractivity contribution is 5.59. The molecule has 0 amide bonds. The minimum Gasteiger partial charge on any atom is -0.406 e. The summed E-state index contributed by atoms with van der Waals surface area (Å²) in [7, 11) is 2.07. The van der Waals surface area contributed by atoms with E-state index in [-0.39, 0.29) is 18.8 Å². The molecule has 0 unspecified atom stereocenters. The number of aromatic nitrogens is 2.